The third-order valence-electron chi connectivity index (χ3n) is 5.08. The van der Waals surface area contributed by atoms with Crippen LogP contribution in [0.5, 0.6) is 5.75 Å². The van der Waals surface area contributed by atoms with E-state index in [-0.39, 0.29) is 11.2 Å². The van der Waals surface area contributed by atoms with Crippen LogP contribution in [0.4, 0.5) is 0 Å². The first-order valence-electron chi connectivity index (χ1n) is 9.90. The number of benzene rings is 3. The molecule has 1 aliphatic rings. The van der Waals surface area contributed by atoms with Crippen molar-refractivity contribution < 1.29 is 9.53 Å². The SMILES string of the molecule is CC[C@H]1S/C(=N\N=C/c2ccccc2OC)N(Cc2cccc3ccccc23)C1=O. The second-order valence-electron chi connectivity index (χ2n) is 6.95. The van der Waals surface area contributed by atoms with Gasteiger partial charge in [0, 0.05) is 5.56 Å². The number of rotatable bonds is 6. The topological polar surface area (TPSA) is 54.3 Å². The van der Waals surface area contributed by atoms with Crippen molar-refractivity contribution in [1.29, 1.82) is 0 Å². The predicted molar refractivity (Wildman–Crippen MR) is 124 cm³/mol. The Morgan fingerprint density at radius 2 is 1.83 bits per heavy atom. The molecule has 0 aromatic heterocycles. The van der Waals surface area contributed by atoms with E-state index in [1.54, 1.807) is 18.2 Å². The van der Waals surface area contributed by atoms with E-state index in [0.717, 1.165) is 34.1 Å². The van der Waals surface area contributed by atoms with Crippen molar-refractivity contribution in [1.82, 2.24) is 4.90 Å². The van der Waals surface area contributed by atoms with E-state index in [0.29, 0.717) is 11.7 Å². The lowest BCUT2D eigenvalue weighted by molar-refractivity contribution is -0.126. The van der Waals surface area contributed by atoms with Crippen LogP contribution in [0.3, 0.4) is 0 Å². The van der Waals surface area contributed by atoms with Gasteiger partial charge in [-0.15, -0.1) is 5.10 Å². The smallest absolute Gasteiger partial charge is 0.242 e. The Bertz CT molecular complexity index is 1120. The molecule has 0 bridgehead atoms. The Kier molecular flexibility index (Phi) is 6.14. The van der Waals surface area contributed by atoms with E-state index in [1.165, 1.54) is 11.8 Å². The van der Waals surface area contributed by atoms with E-state index in [9.17, 15) is 4.79 Å². The first kappa shape index (κ1) is 20.2. The summed E-state index contributed by atoms with van der Waals surface area (Å²) < 4.78 is 5.35. The van der Waals surface area contributed by atoms with Crippen LogP contribution >= 0.6 is 11.8 Å². The fraction of sp³-hybridized carbons (Fsp3) is 0.208. The van der Waals surface area contributed by atoms with Gasteiger partial charge in [0.2, 0.25) is 5.91 Å². The number of nitrogens with zero attached hydrogens (tertiary/aromatic N) is 3. The Hall–Kier alpha value is -3.12. The second kappa shape index (κ2) is 9.13. The molecule has 0 N–H and O–H groups in total. The maximum atomic E-state index is 13.0. The van der Waals surface area contributed by atoms with Gasteiger partial charge in [0.15, 0.2) is 5.17 Å². The van der Waals surface area contributed by atoms with Crippen molar-refractivity contribution >= 4 is 39.8 Å². The van der Waals surface area contributed by atoms with Gasteiger partial charge in [0.1, 0.15) is 5.75 Å². The highest BCUT2D eigenvalue weighted by Crippen LogP contribution is 2.32. The van der Waals surface area contributed by atoms with E-state index >= 15 is 0 Å². The quantitative estimate of drug-likeness (QED) is 0.415. The highest BCUT2D eigenvalue weighted by molar-refractivity contribution is 8.15. The van der Waals surface area contributed by atoms with Gasteiger partial charge in [-0.2, -0.15) is 5.10 Å². The van der Waals surface area contributed by atoms with Crippen molar-refractivity contribution in [3.63, 3.8) is 0 Å². The van der Waals surface area contributed by atoms with E-state index in [4.69, 9.17) is 4.74 Å². The van der Waals surface area contributed by atoms with Crippen LogP contribution in [0.1, 0.15) is 24.5 Å². The highest BCUT2D eigenvalue weighted by atomic mass is 32.2. The van der Waals surface area contributed by atoms with Crippen molar-refractivity contribution in [2.45, 2.75) is 25.1 Å². The van der Waals surface area contributed by atoms with Gasteiger partial charge in [-0.3, -0.25) is 9.69 Å². The number of para-hydroxylation sites is 1. The summed E-state index contributed by atoms with van der Waals surface area (Å²) in [7, 11) is 1.63. The van der Waals surface area contributed by atoms with E-state index in [1.807, 2.05) is 49.4 Å². The Balaban J connectivity index is 1.63. The van der Waals surface area contributed by atoms with Crippen LogP contribution in [-0.2, 0) is 11.3 Å². The van der Waals surface area contributed by atoms with Gasteiger partial charge in [-0.1, -0.05) is 73.3 Å². The highest BCUT2D eigenvalue weighted by Gasteiger charge is 2.37. The zero-order valence-corrected chi connectivity index (χ0v) is 17.8. The third-order valence-corrected chi connectivity index (χ3v) is 6.41. The van der Waals surface area contributed by atoms with Gasteiger partial charge in [-0.05, 0) is 34.9 Å². The minimum Gasteiger partial charge on any atom is -0.496 e. The number of fused-ring (bicyclic) bond motifs is 1. The minimum atomic E-state index is -0.125. The van der Waals surface area contributed by atoms with Crippen molar-refractivity contribution in [2.75, 3.05) is 7.11 Å². The van der Waals surface area contributed by atoms with Crippen LogP contribution in [0.25, 0.3) is 10.8 Å². The zero-order chi connectivity index (χ0) is 20.9. The molecule has 6 heteroatoms. The monoisotopic (exact) mass is 417 g/mol. The van der Waals surface area contributed by atoms with Crippen LogP contribution in [0.15, 0.2) is 76.9 Å². The Labute approximate surface area is 180 Å². The molecule has 5 nitrogen and oxygen atoms in total. The molecule has 0 aliphatic carbocycles. The van der Waals surface area contributed by atoms with Crippen LogP contribution in [0.2, 0.25) is 0 Å². The molecule has 152 valence electrons. The molecule has 0 saturated carbocycles. The van der Waals surface area contributed by atoms with Crippen LogP contribution in [0, 0.1) is 0 Å². The van der Waals surface area contributed by atoms with Crippen molar-refractivity contribution in [3.8, 4) is 5.75 Å². The molecule has 3 aromatic carbocycles. The average molecular weight is 418 g/mol. The van der Waals surface area contributed by atoms with E-state index in [2.05, 4.69) is 34.5 Å². The predicted octanol–water partition coefficient (Wildman–Crippen LogP) is 5.09. The number of ether oxygens (including phenoxy) is 1. The zero-order valence-electron chi connectivity index (χ0n) is 17.0. The summed E-state index contributed by atoms with van der Waals surface area (Å²) in [5.41, 5.74) is 1.94. The second-order valence-corrected chi connectivity index (χ2v) is 8.12. The fourth-order valence-electron chi connectivity index (χ4n) is 3.50. The molecular formula is C24H23N3O2S. The van der Waals surface area contributed by atoms with Gasteiger partial charge >= 0.3 is 0 Å². The summed E-state index contributed by atoms with van der Waals surface area (Å²) in [5, 5.41) is 11.5. The summed E-state index contributed by atoms with van der Waals surface area (Å²) in [6, 6.07) is 22.0. The number of methoxy groups -OCH3 is 1. The molecule has 30 heavy (non-hydrogen) atoms. The first-order valence-corrected chi connectivity index (χ1v) is 10.8. The lowest BCUT2D eigenvalue weighted by Crippen LogP contribution is -2.31. The summed E-state index contributed by atoms with van der Waals surface area (Å²) in [6.45, 7) is 2.50. The fourth-order valence-corrected chi connectivity index (χ4v) is 4.53. The minimum absolute atomic E-state index is 0.0849. The molecule has 3 aromatic rings. The van der Waals surface area contributed by atoms with Gasteiger partial charge in [0.05, 0.1) is 25.1 Å². The van der Waals surface area contributed by atoms with E-state index < -0.39 is 0 Å². The number of thioether (sulfide) groups is 1. The molecule has 0 radical (unpaired) electrons. The molecular weight excluding hydrogens is 394 g/mol. The van der Waals surface area contributed by atoms with Gasteiger partial charge < -0.3 is 4.74 Å². The molecule has 4 rings (SSSR count). The standard InChI is InChI=1S/C24H23N3O2S/c1-3-22-23(28)27(16-19-12-8-11-17-9-4-6-13-20(17)19)24(30-22)26-25-15-18-10-5-7-14-21(18)29-2/h4-15,22H,3,16H2,1-2H3/b25-15-,26-24-/t22-/m1/s1. The molecule has 0 unspecified atom stereocenters. The average Bonchev–Trinajstić information content (AvgIpc) is 3.09. The Morgan fingerprint density at radius 1 is 1.07 bits per heavy atom. The van der Waals surface area contributed by atoms with Crippen LogP contribution < -0.4 is 4.74 Å². The van der Waals surface area contributed by atoms with Crippen LogP contribution in [-0.4, -0.2) is 34.5 Å². The summed E-state index contributed by atoms with van der Waals surface area (Å²) in [4.78, 5) is 14.7. The van der Waals surface area contributed by atoms with Gasteiger partial charge in [-0.25, -0.2) is 0 Å². The molecule has 1 aliphatic heterocycles. The lowest BCUT2D eigenvalue weighted by Gasteiger charge is -2.17. The largest absolute Gasteiger partial charge is 0.496 e. The Morgan fingerprint density at radius 3 is 2.67 bits per heavy atom. The lowest BCUT2D eigenvalue weighted by atomic mass is 10.0. The summed E-state index contributed by atoms with van der Waals surface area (Å²) in [5.74, 6) is 0.817. The molecule has 1 atom stereocenters. The van der Waals surface area contributed by atoms with Crippen molar-refractivity contribution in [3.05, 3.63) is 77.9 Å². The number of amides is 1. The molecule has 1 amide bonds. The number of carbonyl (C=O) groups is 1. The molecule has 0 spiro atoms. The number of hydrogen-bond acceptors (Lipinski definition) is 5. The number of hydrogen-bond donors (Lipinski definition) is 0. The molecule has 1 saturated heterocycles. The summed E-state index contributed by atoms with van der Waals surface area (Å²) >= 11 is 1.48. The maximum Gasteiger partial charge on any atom is 0.242 e. The third kappa shape index (κ3) is 4.09. The normalized spacial score (nSPS) is 18.1. The number of carbonyl (C=O) groups excluding carboxylic acids is 1. The maximum absolute atomic E-state index is 13.0. The number of amidine groups is 1. The summed E-state index contributed by atoms with van der Waals surface area (Å²) in [6.07, 6.45) is 2.41. The molecule has 1 fully saturated rings. The first-order chi connectivity index (χ1) is 14.7. The molecule has 1 heterocycles. The van der Waals surface area contributed by atoms with Crippen molar-refractivity contribution in [2.24, 2.45) is 10.2 Å². The van der Waals surface area contributed by atoms with Gasteiger partial charge in [0.25, 0.3) is 0 Å².